The molecule has 4 N–H and O–H groups in total. The second-order valence-electron chi connectivity index (χ2n) is 4.52. The third-order valence-corrected chi connectivity index (χ3v) is 3.71. The Morgan fingerprint density at radius 1 is 1.43 bits per heavy atom. The van der Waals surface area contributed by atoms with E-state index >= 15 is 0 Å². The fourth-order valence-electron chi connectivity index (χ4n) is 1.86. The molecule has 0 saturated carbocycles. The monoisotopic (exact) mass is 313 g/mol. The van der Waals surface area contributed by atoms with Gasteiger partial charge in [-0.3, -0.25) is 9.59 Å². The Morgan fingerprint density at radius 3 is 2.62 bits per heavy atom. The van der Waals surface area contributed by atoms with Crippen LogP contribution in [0.3, 0.4) is 0 Å². The van der Waals surface area contributed by atoms with Gasteiger partial charge in [0.25, 0.3) is 0 Å². The van der Waals surface area contributed by atoms with E-state index in [9.17, 15) is 14.4 Å². The molecule has 0 aliphatic heterocycles. The van der Waals surface area contributed by atoms with Gasteiger partial charge < -0.3 is 21.1 Å². The van der Waals surface area contributed by atoms with Gasteiger partial charge in [0, 0.05) is 4.88 Å². The summed E-state index contributed by atoms with van der Waals surface area (Å²) in [5, 5.41) is 13.5. The number of nitrogens with one attached hydrogen (secondary N) is 1. The number of hydrogen-bond acceptors (Lipinski definition) is 4. The maximum absolute atomic E-state index is 12.1. The molecule has 1 unspecified atom stereocenters. The van der Waals surface area contributed by atoms with Crippen molar-refractivity contribution in [3.05, 3.63) is 22.4 Å². The molecule has 0 radical (unpaired) electrons. The van der Waals surface area contributed by atoms with Crippen LogP contribution >= 0.6 is 11.3 Å². The number of carboxylic acid groups (broad SMARTS) is 1. The first-order valence-electron chi connectivity index (χ1n) is 6.53. The molecule has 1 aromatic rings. The first-order chi connectivity index (χ1) is 9.93. The topological polar surface area (TPSA) is 113 Å². The number of nitrogens with zero attached hydrogens (tertiary/aromatic N) is 1. The van der Waals surface area contributed by atoms with E-state index in [2.05, 4.69) is 5.32 Å². The SMILES string of the molecule is CCCC(NC(=O)N(CC(N)=O)CC(=O)O)c1cccs1. The van der Waals surface area contributed by atoms with Crippen LogP contribution in [0.4, 0.5) is 4.79 Å². The van der Waals surface area contributed by atoms with Crippen molar-refractivity contribution in [1.82, 2.24) is 10.2 Å². The Bertz CT molecular complexity index is 474. The smallest absolute Gasteiger partial charge is 0.323 e. The Labute approximate surface area is 126 Å². The van der Waals surface area contributed by atoms with E-state index in [0.29, 0.717) is 0 Å². The Morgan fingerprint density at radius 2 is 2.14 bits per heavy atom. The second-order valence-corrected chi connectivity index (χ2v) is 5.50. The Hall–Kier alpha value is -2.09. The lowest BCUT2D eigenvalue weighted by atomic mass is 10.1. The molecule has 0 fully saturated rings. The minimum atomic E-state index is -1.20. The lowest BCUT2D eigenvalue weighted by Crippen LogP contribution is -2.47. The number of hydrogen-bond donors (Lipinski definition) is 3. The summed E-state index contributed by atoms with van der Waals surface area (Å²) in [6.45, 7) is 0.991. The normalized spacial score (nSPS) is 11.7. The van der Waals surface area contributed by atoms with Crippen LogP contribution in [0.1, 0.15) is 30.7 Å². The average molecular weight is 313 g/mol. The summed E-state index contributed by atoms with van der Waals surface area (Å²) in [7, 11) is 0. The van der Waals surface area contributed by atoms with Crippen LogP contribution in [0.5, 0.6) is 0 Å². The highest BCUT2D eigenvalue weighted by Crippen LogP contribution is 2.23. The highest BCUT2D eigenvalue weighted by molar-refractivity contribution is 7.10. The second kappa shape index (κ2) is 8.25. The highest BCUT2D eigenvalue weighted by Gasteiger charge is 2.22. The van der Waals surface area contributed by atoms with Crippen molar-refractivity contribution in [2.24, 2.45) is 5.73 Å². The first-order valence-corrected chi connectivity index (χ1v) is 7.41. The van der Waals surface area contributed by atoms with E-state index in [4.69, 9.17) is 10.8 Å². The Kier molecular flexibility index (Phi) is 6.67. The van der Waals surface area contributed by atoms with Crippen molar-refractivity contribution in [3.8, 4) is 0 Å². The summed E-state index contributed by atoms with van der Waals surface area (Å²) >= 11 is 1.51. The predicted molar refractivity (Wildman–Crippen MR) is 78.9 cm³/mol. The fourth-order valence-corrected chi connectivity index (χ4v) is 2.67. The molecule has 0 bridgehead atoms. The number of urea groups is 1. The first kappa shape index (κ1) is 17.0. The van der Waals surface area contributed by atoms with Crippen LogP contribution < -0.4 is 11.1 Å². The average Bonchev–Trinajstić information content (AvgIpc) is 2.90. The maximum atomic E-state index is 12.1. The molecule has 0 aliphatic rings. The van der Waals surface area contributed by atoms with E-state index in [-0.39, 0.29) is 6.04 Å². The lowest BCUT2D eigenvalue weighted by molar-refractivity contribution is -0.137. The molecule has 7 nitrogen and oxygen atoms in total. The zero-order chi connectivity index (χ0) is 15.8. The highest BCUT2D eigenvalue weighted by atomic mass is 32.1. The van der Waals surface area contributed by atoms with E-state index in [1.54, 1.807) is 0 Å². The summed E-state index contributed by atoms with van der Waals surface area (Å²) in [6.07, 6.45) is 1.58. The van der Waals surface area contributed by atoms with Gasteiger partial charge in [-0.15, -0.1) is 11.3 Å². The molecule has 1 atom stereocenters. The number of thiophene rings is 1. The minimum Gasteiger partial charge on any atom is -0.480 e. The number of rotatable bonds is 8. The van der Waals surface area contributed by atoms with Crippen LogP contribution in [0.2, 0.25) is 0 Å². The molecule has 1 aromatic heterocycles. The van der Waals surface area contributed by atoms with Crippen LogP contribution in [0.25, 0.3) is 0 Å². The van der Waals surface area contributed by atoms with Crippen LogP contribution in [0, 0.1) is 0 Å². The summed E-state index contributed by atoms with van der Waals surface area (Å²) in [4.78, 5) is 35.7. The number of aliphatic carboxylic acids is 1. The zero-order valence-electron chi connectivity index (χ0n) is 11.7. The largest absolute Gasteiger partial charge is 0.480 e. The quantitative estimate of drug-likeness (QED) is 0.668. The van der Waals surface area contributed by atoms with Gasteiger partial charge in [-0.2, -0.15) is 0 Å². The van der Waals surface area contributed by atoms with Gasteiger partial charge in [0.1, 0.15) is 13.1 Å². The predicted octanol–water partition coefficient (Wildman–Crippen LogP) is 1.17. The van der Waals surface area contributed by atoms with Gasteiger partial charge in [0.15, 0.2) is 0 Å². The summed E-state index contributed by atoms with van der Waals surface area (Å²) in [5.41, 5.74) is 5.04. The van der Waals surface area contributed by atoms with Gasteiger partial charge in [-0.25, -0.2) is 4.79 Å². The molecular formula is C13H19N3O4S. The van der Waals surface area contributed by atoms with Crippen LogP contribution in [0.15, 0.2) is 17.5 Å². The molecule has 3 amide bonds. The molecule has 21 heavy (non-hydrogen) atoms. The number of nitrogens with two attached hydrogens (primary N) is 1. The summed E-state index contributed by atoms with van der Waals surface area (Å²) in [6, 6.07) is 2.98. The van der Waals surface area contributed by atoms with E-state index in [0.717, 1.165) is 22.6 Å². The summed E-state index contributed by atoms with van der Waals surface area (Å²) < 4.78 is 0. The molecule has 0 aromatic carbocycles. The van der Waals surface area contributed by atoms with Gasteiger partial charge in [-0.1, -0.05) is 19.4 Å². The van der Waals surface area contributed by atoms with E-state index < -0.39 is 31.0 Å². The summed E-state index contributed by atoms with van der Waals surface area (Å²) in [5.74, 6) is -1.95. The zero-order valence-corrected chi connectivity index (χ0v) is 12.6. The molecule has 1 heterocycles. The number of carbonyl (C=O) groups excluding carboxylic acids is 2. The van der Waals surface area contributed by atoms with Gasteiger partial charge in [-0.05, 0) is 17.9 Å². The maximum Gasteiger partial charge on any atom is 0.323 e. The molecule has 116 valence electrons. The third kappa shape index (κ3) is 5.82. The van der Waals surface area contributed by atoms with Crippen molar-refractivity contribution in [2.75, 3.05) is 13.1 Å². The number of primary amides is 1. The van der Waals surface area contributed by atoms with Crippen LogP contribution in [-0.2, 0) is 9.59 Å². The van der Waals surface area contributed by atoms with E-state index in [1.165, 1.54) is 11.3 Å². The molecule has 0 aliphatic carbocycles. The fraction of sp³-hybridized carbons (Fsp3) is 0.462. The number of carboxylic acids is 1. The lowest BCUT2D eigenvalue weighted by Gasteiger charge is -2.24. The van der Waals surface area contributed by atoms with E-state index in [1.807, 2.05) is 24.4 Å². The van der Waals surface area contributed by atoms with Crippen molar-refractivity contribution in [2.45, 2.75) is 25.8 Å². The van der Waals surface area contributed by atoms with Crippen molar-refractivity contribution >= 4 is 29.2 Å². The number of carbonyl (C=O) groups is 3. The standard InChI is InChI=1S/C13H19N3O4S/c1-2-4-9(10-5-3-6-21-10)15-13(20)16(7-11(14)17)8-12(18)19/h3,5-6,9H,2,4,7-8H2,1H3,(H2,14,17)(H,15,20)(H,18,19). The number of amides is 3. The van der Waals surface area contributed by atoms with Gasteiger partial charge in [0.2, 0.25) is 5.91 Å². The third-order valence-electron chi connectivity index (χ3n) is 2.72. The molecule has 1 rings (SSSR count). The van der Waals surface area contributed by atoms with Crippen molar-refractivity contribution in [3.63, 3.8) is 0 Å². The minimum absolute atomic E-state index is 0.202. The van der Waals surface area contributed by atoms with Crippen molar-refractivity contribution < 1.29 is 19.5 Å². The Balaban J connectivity index is 2.76. The molecule has 8 heteroatoms. The molecule has 0 spiro atoms. The molecule has 0 saturated heterocycles. The van der Waals surface area contributed by atoms with Crippen molar-refractivity contribution in [1.29, 1.82) is 0 Å². The van der Waals surface area contributed by atoms with Crippen LogP contribution in [-0.4, -0.2) is 41.0 Å². The van der Waals surface area contributed by atoms with Gasteiger partial charge >= 0.3 is 12.0 Å². The van der Waals surface area contributed by atoms with Gasteiger partial charge in [0.05, 0.1) is 6.04 Å². The molecular weight excluding hydrogens is 294 g/mol.